The molecule has 0 unspecified atom stereocenters. The molecule has 2 aromatic carbocycles. The molecule has 4 heteroatoms. The maximum Gasteiger partial charge on any atom is 0.194 e. The standard InChI is InChI=1S/C12H14.C6H2F4/c1-3-5-6-12-9-7-11(4-2)8-10-12;7-3-1-4(8)6(10)5(9)2-3/h3-5,7-10H,2,6H2,1H3;1-2H/b5-3+;. The average Bonchev–Trinajstić information content (AvgIpc) is 2.51. The van der Waals surface area contributed by atoms with Gasteiger partial charge in [0.1, 0.15) is 5.82 Å². The molecule has 0 aliphatic heterocycles. The van der Waals surface area contributed by atoms with Gasteiger partial charge in [-0.1, -0.05) is 49.1 Å². The number of hydrogen-bond donors (Lipinski definition) is 0. The largest absolute Gasteiger partial charge is 0.207 e. The van der Waals surface area contributed by atoms with Gasteiger partial charge in [-0.05, 0) is 24.5 Å². The number of rotatable bonds is 3. The highest BCUT2D eigenvalue weighted by atomic mass is 19.2. The number of hydrogen-bond acceptors (Lipinski definition) is 0. The first-order valence-electron chi connectivity index (χ1n) is 6.60. The van der Waals surface area contributed by atoms with Crippen LogP contribution in [0.15, 0.2) is 55.1 Å². The molecule has 0 saturated heterocycles. The summed E-state index contributed by atoms with van der Waals surface area (Å²) in [5, 5.41) is 0. The number of allylic oxidation sites excluding steroid dienone is 2. The molecule has 0 atom stereocenters. The minimum atomic E-state index is -1.65. The lowest BCUT2D eigenvalue weighted by atomic mass is 10.1. The zero-order valence-corrected chi connectivity index (χ0v) is 12.1. The van der Waals surface area contributed by atoms with Crippen LogP contribution in [-0.4, -0.2) is 0 Å². The van der Waals surface area contributed by atoms with Gasteiger partial charge >= 0.3 is 0 Å². The number of benzene rings is 2. The molecule has 0 fully saturated rings. The second kappa shape index (κ2) is 8.82. The molecule has 2 aromatic rings. The van der Waals surface area contributed by atoms with Crippen molar-refractivity contribution in [2.45, 2.75) is 13.3 Å². The molecule has 22 heavy (non-hydrogen) atoms. The van der Waals surface area contributed by atoms with Crippen molar-refractivity contribution in [3.8, 4) is 0 Å². The van der Waals surface area contributed by atoms with Crippen LogP contribution in [0.3, 0.4) is 0 Å². The molecule has 0 heterocycles. The molecule has 0 aliphatic carbocycles. The molecule has 0 spiro atoms. The van der Waals surface area contributed by atoms with Gasteiger partial charge in [0.25, 0.3) is 0 Å². The maximum atomic E-state index is 12.0. The van der Waals surface area contributed by atoms with Gasteiger partial charge in [0.2, 0.25) is 0 Å². The van der Waals surface area contributed by atoms with Crippen LogP contribution in [0.2, 0.25) is 0 Å². The third-order valence-corrected chi connectivity index (χ3v) is 2.75. The molecule has 0 aliphatic rings. The summed E-state index contributed by atoms with van der Waals surface area (Å²) in [4.78, 5) is 0. The van der Waals surface area contributed by atoms with Crippen molar-refractivity contribution in [2.24, 2.45) is 0 Å². The first-order chi connectivity index (χ1) is 10.5. The van der Waals surface area contributed by atoms with Crippen molar-refractivity contribution in [3.05, 3.63) is 89.5 Å². The van der Waals surface area contributed by atoms with Crippen molar-refractivity contribution in [1.29, 1.82) is 0 Å². The lowest BCUT2D eigenvalue weighted by Gasteiger charge is -1.96. The lowest BCUT2D eigenvalue weighted by Crippen LogP contribution is -1.91. The Labute approximate surface area is 127 Å². The van der Waals surface area contributed by atoms with E-state index in [2.05, 4.69) is 43.0 Å². The van der Waals surface area contributed by atoms with Crippen LogP contribution in [0.1, 0.15) is 18.1 Å². The van der Waals surface area contributed by atoms with E-state index in [9.17, 15) is 17.6 Å². The molecule has 116 valence electrons. The minimum Gasteiger partial charge on any atom is -0.207 e. The Kier molecular flexibility index (Phi) is 7.09. The van der Waals surface area contributed by atoms with Crippen molar-refractivity contribution in [1.82, 2.24) is 0 Å². The molecule has 0 aromatic heterocycles. The summed E-state index contributed by atoms with van der Waals surface area (Å²) in [6, 6.07) is 9.00. The van der Waals surface area contributed by atoms with Gasteiger partial charge in [0, 0.05) is 12.1 Å². The summed E-state index contributed by atoms with van der Waals surface area (Å²) in [5.74, 6) is -5.81. The molecule has 0 nitrogen and oxygen atoms in total. The highest BCUT2D eigenvalue weighted by Crippen LogP contribution is 2.11. The zero-order chi connectivity index (χ0) is 16.5. The van der Waals surface area contributed by atoms with E-state index >= 15 is 0 Å². The van der Waals surface area contributed by atoms with Crippen LogP contribution in [0.4, 0.5) is 17.6 Å². The first-order valence-corrected chi connectivity index (χ1v) is 6.60. The normalized spacial score (nSPS) is 10.2. The van der Waals surface area contributed by atoms with Gasteiger partial charge in [-0.15, -0.1) is 0 Å². The van der Waals surface area contributed by atoms with E-state index in [0.717, 1.165) is 6.42 Å². The Morgan fingerprint density at radius 1 is 0.955 bits per heavy atom. The third-order valence-electron chi connectivity index (χ3n) is 2.75. The van der Waals surface area contributed by atoms with Crippen LogP contribution in [-0.2, 0) is 6.42 Å². The third kappa shape index (κ3) is 5.56. The maximum absolute atomic E-state index is 12.0. The number of halogens is 4. The summed E-state index contributed by atoms with van der Waals surface area (Å²) >= 11 is 0. The Morgan fingerprint density at radius 3 is 1.95 bits per heavy atom. The fourth-order valence-electron chi connectivity index (χ4n) is 1.57. The van der Waals surface area contributed by atoms with E-state index in [1.54, 1.807) is 0 Å². The van der Waals surface area contributed by atoms with Crippen LogP contribution in [0.5, 0.6) is 0 Å². The fourth-order valence-corrected chi connectivity index (χ4v) is 1.57. The SMILES string of the molecule is C=Cc1ccc(C/C=C/C)cc1.Fc1cc(F)c(F)c(F)c1. The van der Waals surface area contributed by atoms with E-state index in [-0.39, 0.29) is 12.1 Å². The average molecular weight is 308 g/mol. The summed E-state index contributed by atoms with van der Waals surface area (Å²) in [5.41, 5.74) is 2.53. The van der Waals surface area contributed by atoms with E-state index in [4.69, 9.17) is 0 Å². The van der Waals surface area contributed by atoms with Gasteiger partial charge in [-0.25, -0.2) is 17.6 Å². The molecule has 2 rings (SSSR count). The van der Waals surface area contributed by atoms with Gasteiger partial charge in [-0.2, -0.15) is 0 Å². The summed E-state index contributed by atoms with van der Waals surface area (Å²) < 4.78 is 47.9. The Bertz CT molecular complexity index is 620. The molecule has 0 radical (unpaired) electrons. The fraction of sp³-hybridized carbons (Fsp3) is 0.111. The minimum absolute atomic E-state index is 0.276. The monoisotopic (exact) mass is 308 g/mol. The predicted octanol–water partition coefficient (Wildman–Crippen LogP) is 5.69. The highest BCUT2D eigenvalue weighted by molar-refractivity contribution is 5.47. The Hall–Kier alpha value is -2.36. The Morgan fingerprint density at radius 2 is 1.50 bits per heavy atom. The molecular weight excluding hydrogens is 292 g/mol. The van der Waals surface area contributed by atoms with Crippen molar-refractivity contribution in [3.63, 3.8) is 0 Å². The van der Waals surface area contributed by atoms with Gasteiger partial charge < -0.3 is 0 Å². The first kappa shape index (κ1) is 17.7. The van der Waals surface area contributed by atoms with Crippen molar-refractivity contribution < 1.29 is 17.6 Å². The molecule has 0 saturated carbocycles. The predicted molar refractivity (Wildman–Crippen MR) is 81.3 cm³/mol. The van der Waals surface area contributed by atoms with E-state index in [0.29, 0.717) is 0 Å². The van der Waals surface area contributed by atoms with E-state index < -0.39 is 23.3 Å². The van der Waals surface area contributed by atoms with E-state index in [1.165, 1.54) is 11.1 Å². The quantitative estimate of drug-likeness (QED) is 0.296. The van der Waals surface area contributed by atoms with Gasteiger partial charge in [0.05, 0.1) is 0 Å². The second-order valence-electron chi connectivity index (χ2n) is 4.40. The zero-order valence-electron chi connectivity index (χ0n) is 12.1. The van der Waals surface area contributed by atoms with Crippen LogP contribution >= 0.6 is 0 Å². The molecule has 0 bridgehead atoms. The van der Waals surface area contributed by atoms with Crippen LogP contribution < -0.4 is 0 Å². The van der Waals surface area contributed by atoms with Gasteiger partial charge in [0.15, 0.2) is 17.5 Å². The topological polar surface area (TPSA) is 0 Å². The smallest absolute Gasteiger partial charge is 0.194 e. The Balaban J connectivity index is 0.000000224. The lowest BCUT2D eigenvalue weighted by molar-refractivity contribution is 0.434. The summed E-state index contributed by atoms with van der Waals surface area (Å²) in [6.07, 6.45) is 7.11. The highest BCUT2D eigenvalue weighted by Gasteiger charge is 2.09. The summed E-state index contributed by atoms with van der Waals surface area (Å²) in [7, 11) is 0. The second-order valence-corrected chi connectivity index (χ2v) is 4.40. The van der Waals surface area contributed by atoms with Crippen LogP contribution in [0, 0.1) is 23.3 Å². The molecular formula is C18H16F4. The van der Waals surface area contributed by atoms with E-state index in [1.807, 2.05) is 13.0 Å². The van der Waals surface area contributed by atoms with Crippen molar-refractivity contribution in [2.75, 3.05) is 0 Å². The molecule has 0 N–H and O–H groups in total. The van der Waals surface area contributed by atoms with Crippen molar-refractivity contribution >= 4 is 6.08 Å². The van der Waals surface area contributed by atoms with Gasteiger partial charge in [-0.3, -0.25) is 0 Å². The van der Waals surface area contributed by atoms with Crippen LogP contribution in [0.25, 0.3) is 6.08 Å². The molecule has 0 amide bonds. The summed E-state index contributed by atoms with van der Waals surface area (Å²) in [6.45, 7) is 5.75.